The number of aryl methyl sites for hydroxylation is 2. The van der Waals surface area contributed by atoms with Crippen LogP contribution in [0.5, 0.6) is 0 Å². The number of rotatable bonds is 5. The van der Waals surface area contributed by atoms with Crippen molar-refractivity contribution in [3.05, 3.63) is 40.2 Å². The van der Waals surface area contributed by atoms with E-state index >= 15 is 0 Å². The summed E-state index contributed by atoms with van der Waals surface area (Å²) in [5.74, 6) is 1.44. The highest BCUT2D eigenvalue weighted by Crippen LogP contribution is 2.36. The molecular formula is C20H23N5O3S2. The number of carbonyl (C=O) groups excluding carboxylic acids is 2. The number of esters is 1. The molecule has 0 aliphatic carbocycles. The Labute approximate surface area is 182 Å². The third-order valence-corrected chi connectivity index (χ3v) is 6.97. The van der Waals surface area contributed by atoms with Gasteiger partial charge in [-0.1, -0.05) is 0 Å². The molecule has 30 heavy (non-hydrogen) atoms. The Morgan fingerprint density at radius 3 is 2.70 bits per heavy atom. The lowest BCUT2D eigenvalue weighted by Crippen LogP contribution is -2.32. The van der Waals surface area contributed by atoms with E-state index in [0.717, 1.165) is 47.9 Å². The number of carbonyl (C=O) groups is 2. The highest BCUT2D eigenvalue weighted by atomic mass is 32.2. The van der Waals surface area contributed by atoms with E-state index in [4.69, 9.17) is 9.72 Å². The van der Waals surface area contributed by atoms with Crippen LogP contribution in [0.2, 0.25) is 0 Å². The fourth-order valence-electron chi connectivity index (χ4n) is 3.45. The van der Waals surface area contributed by atoms with Gasteiger partial charge in [0.25, 0.3) is 5.91 Å². The van der Waals surface area contributed by atoms with Crippen LogP contribution in [0.3, 0.4) is 0 Å². The zero-order chi connectivity index (χ0) is 21.3. The summed E-state index contributed by atoms with van der Waals surface area (Å²) in [7, 11) is 3.04. The quantitative estimate of drug-likeness (QED) is 0.604. The second-order valence-electron chi connectivity index (χ2n) is 7.09. The molecule has 0 saturated carbocycles. The molecule has 1 aliphatic rings. The molecule has 0 bridgehead atoms. The van der Waals surface area contributed by atoms with E-state index in [0.29, 0.717) is 21.1 Å². The highest BCUT2D eigenvalue weighted by molar-refractivity contribution is 7.99. The molecule has 1 amide bonds. The summed E-state index contributed by atoms with van der Waals surface area (Å²) < 4.78 is 6.46. The Morgan fingerprint density at radius 1 is 1.27 bits per heavy atom. The first-order chi connectivity index (χ1) is 14.5. The van der Waals surface area contributed by atoms with Gasteiger partial charge in [0.2, 0.25) is 0 Å². The molecule has 158 valence electrons. The minimum absolute atomic E-state index is 0.332. The number of nitrogens with zero attached hydrogens (tertiary/aromatic N) is 4. The number of thiophene rings is 1. The number of aromatic nitrogens is 3. The van der Waals surface area contributed by atoms with Gasteiger partial charge >= 0.3 is 5.97 Å². The SMILES string of the molecule is COC(=O)c1sc2nc(CN3CCSCC3)ccc2c1NC(=O)c1cc(C)nn1C. The summed E-state index contributed by atoms with van der Waals surface area (Å²) in [6, 6.07) is 5.58. The maximum atomic E-state index is 12.8. The van der Waals surface area contributed by atoms with Crippen LogP contribution < -0.4 is 5.32 Å². The second-order valence-corrected chi connectivity index (χ2v) is 9.31. The number of thioether (sulfide) groups is 1. The molecule has 4 heterocycles. The summed E-state index contributed by atoms with van der Waals surface area (Å²) in [6.45, 7) is 4.70. The van der Waals surface area contributed by atoms with Crippen LogP contribution in [0, 0.1) is 6.92 Å². The lowest BCUT2D eigenvalue weighted by Gasteiger charge is -2.25. The van der Waals surface area contributed by atoms with Crippen molar-refractivity contribution < 1.29 is 14.3 Å². The van der Waals surface area contributed by atoms with E-state index in [1.54, 1.807) is 13.1 Å². The molecule has 0 aromatic carbocycles. The Kier molecular flexibility index (Phi) is 6.07. The Morgan fingerprint density at radius 2 is 2.03 bits per heavy atom. The van der Waals surface area contributed by atoms with Crippen molar-refractivity contribution in [1.29, 1.82) is 0 Å². The molecule has 8 nitrogen and oxygen atoms in total. The van der Waals surface area contributed by atoms with E-state index in [2.05, 4.69) is 15.3 Å². The number of ether oxygens (including phenoxy) is 1. The fraction of sp³-hybridized carbons (Fsp3) is 0.400. The number of anilines is 1. The molecule has 4 rings (SSSR count). The average Bonchev–Trinajstić information content (AvgIpc) is 3.27. The molecule has 0 unspecified atom stereocenters. The van der Waals surface area contributed by atoms with E-state index in [9.17, 15) is 9.59 Å². The largest absolute Gasteiger partial charge is 0.465 e. The van der Waals surface area contributed by atoms with Gasteiger partial charge in [0.1, 0.15) is 15.4 Å². The van der Waals surface area contributed by atoms with Gasteiger partial charge in [-0.15, -0.1) is 11.3 Å². The standard InChI is InChI=1S/C20H23N5O3S2/c1-12-10-15(24(2)23-12)18(26)22-16-14-5-4-13(11-25-6-8-29-9-7-25)21-19(14)30-17(16)20(27)28-3/h4-5,10H,6-9,11H2,1-3H3,(H,22,26). The first-order valence-electron chi connectivity index (χ1n) is 9.59. The summed E-state index contributed by atoms with van der Waals surface area (Å²) in [4.78, 5) is 33.4. The van der Waals surface area contributed by atoms with Crippen LogP contribution in [0.1, 0.15) is 31.5 Å². The molecule has 3 aromatic rings. The molecule has 0 spiro atoms. The van der Waals surface area contributed by atoms with Gasteiger partial charge < -0.3 is 10.1 Å². The Bertz CT molecular complexity index is 1100. The molecule has 10 heteroatoms. The molecule has 1 N–H and O–H groups in total. The van der Waals surface area contributed by atoms with Gasteiger partial charge in [0, 0.05) is 43.6 Å². The lowest BCUT2D eigenvalue weighted by molar-refractivity contribution is 0.0607. The smallest absolute Gasteiger partial charge is 0.350 e. The van der Waals surface area contributed by atoms with E-state index < -0.39 is 5.97 Å². The maximum absolute atomic E-state index is 12.8. The number of fused-ring (bicyclic) bond motifs is 1. The minimum Gasteiger partial charge on any atom is -0.465 e. The van der Waals surface area contributed by atoms with Gasteiger partial charge in [-0.2, -0.15) is 16.9 Å². The predicted octanol–water partition coefficient (Wildman–Crippen LogP) is 2.93. The maximum Gasteiger partial charge on any atom is 0.350 e. The zero-order valence-corrected chi connectivity index (χ0v) is 18.7. The number of methoxy groups -OCH3 is 1. The molecule has 0 atom stereocenters. The van der Waals surface area contributed by atoms with Crippen LogP contribution in [0.4, 0.5) is 5.69 Å². The molecule has 1 saturated heterocycles. The van der Waals surface area contributed by atoms with Crippen LogP contribution in [0.15, 0.2) is 18.2 Å². The van der Waals surface area contributed by atoms with Crippen LogP contribution in [-0.2, 0) is 18.3 Å². The number of hydrogen-bond acceptors (Lipinski definition) is 8. The normalized spacial score (nSPS) is 14.8. The number of pyridine rings is 1. The van der Waals surface area contributed by atoms with Crippen molar-refractivity contribution in [2.75, 3.05) is 37.0 Å². The van der Waals surface area contributed by atoms with Crippen LogP contribution >= 0.6 is 23.1 Å². The van der Waals surface area contributed by atoms with Crippen LogP contribution in [-0.4, -0.2) is 63.2 Å². The van der Waals surface area contributed by atoms with Gasteiger partial charge in [0.15, 0.2) is 0 Å². The van der Waals surface area contributed by atoms with E-state index in [1.807, 2.05) is 30.8 Å². The van der Waals surface area contributed by atoms with Gasteiger partial charge in [-0.25, -0.2) is 9.78 Å². The average molecular weight is 446 g/mol. The molecule has 1 fully saturated rings. The van der Waals surface area contributed by atoms with Crippen molar-refractivity contribution in [2.45, 2.75) is 13.5 Å². The van der Waals surface area contributed by atoms with Crippen LogP contribution in [0.25, 0.3) is 10.2 Å². The predicted molar refractivity (Wildman–Crippen MR) is 119 cm³/mol. The summed E-state index contributed by atoms with van der Waals surface area (Å²) in [5, 5.41) is 7.82. The molecule has 1 aliphatic heterocycles. The van der Waals surface area contributed by atoms with Crippen molar-refractivity contribution >= 4 is 50.9 Å². The first-order valence-corrected chi connectivity index (χ1v) is 11.6. The third-order valence-electron chi connectivity index (χ3n) is 4.95. The van der Waals surface area contributed by atoms with Crippen molar-refractivity contribution in [3.63, 3.8) is 0 Å². The molecular weight excluding hydrogens is 422 g/mol. The van der Waals surface area contributed by atoms with Crippen molar-refractivity contribution in [1.82, 2.24) is 19.7 Å². The van der Waals surface area contributed by atoms with E-state index in [-0.39, 0.29) is 5.91 Å². The van der Waals surface area contributed by atoms with Crippen molar-refractivity contribution in [3.8, 4) is 0 Å². The minimum atomic E-state index is -0.496. The summed E-state index contributed by atoms with van der Waals surface area (Å²) in [5.41, 5.74) is 2.54. The zero-order valence-electron chi connectivity index (χ0n) is 17.1. The lowest BCUT2D eigenvalue weighted by atomic mass is 10.2. The molecule has 3 aromatic heterocycles. The van der Waals surface area contributed by atoms with Gasteiger partial charge in [-0.3, -0.25) is 14.4 Å². The van der Waals surface area contributed by atoms with Gasteiger partial charge in [-0.05, 0) is 25.1 Å². The number of hydrogen-bond donors (Lipinski definition) is 1. The van der Waals surface area contributed by atoms with Gasteiger partial charge in [0.05, 0.1) is 24.2 Å². The highest BCUT2D eigenvalue weighted by Gasteiger charge is 2.24. The number of amides is 1. The Hall–Kier alpha value is -2.43. The number of nitrogens with one attached hydrogen (secondary N) is 1. The van der Waals surface area contributed by atoms with Crippen molar-refractivity contribution in [2.24, 2.45) is 7.05 Å². The summed E-state index contributed by atoms with van der Waals surface area (Å²) in [6.07, 6.45) is 0. The first kappa shape index (κ1) is 20.8. The fourth-order valence-corrected chi connectivity index (χ4v) is 5.50. The summed E-state index contributed by atoms with van der Waals surface area (Å²) >= 11 is 3.21. The third kappa shape index (κ3) is 4.21. The second kappa shape index (κ2) is 8.75. The Balaban J connectivity index is 1.67. The van der Waals surface area contributed by atoms with E-state index in [1.165, 1.54) is 23.1 Å². The molecule has 0 radical (unpaired) electrons. The topological polar surface area (TPSA) is 89.3 Å². The monoisotopic (exact) mass is 445 g/mol.